The van der Waals surface area contributed by atoms with Crippen molar-refractivity contribution in [3.63, 3.8) is 0 Å². The smallest absolute Gasteiger partial charge is 0.264 e. The summed E-state index contributed by atoms with van der Waals surface area (Å²) in [5.74, 6) is -0.167. The predicted molar refractivity (Wildman–Crippen MR) is 76.3 cm³/mol. The zero-order valence-electron chi connectivity index (χ0n) is 10.6. The van der Waals surface area contributed by atoms with Gasteiger partial charge in [-0.15, -0.1) is 0 Å². The van der Waals surface area contributed by atoms with Crippen molar-refractivity contribution in [1.82, 2.24) is 9.71 Å². The fourth-order valence-electron chi connectivity index (χ4n) is 1.49. The lowest BCUT2D eigenvalue weighted by atomic mass is 10.3. The van der Waals surface area contributed by atoms with Crippen molar-refractivity contribution < 1.29 is 8.42 Å². The topological polar surface area (TPSA) is 97.4 Å². The van der Waals surface area contributed by atoms with Crippen LogP contribution in [0.3, 0.4) is 0 Å². The van der Waals surface area contributed by atoms with Gasteiger partial charge in [-0.2, -0.15) is 0 Å². The van der Waals surface area contributed by atoms with Crippen LogP contribution in [0.25, 0.3) is 0 Å². The third-order valence-electron chi connectivity index (χ3n) is 2.43. The highest BCUT2D eigenvalue weighted by atomic mass is 32.2. The van der Waals surface area contributed by atoms with Gasteiger partial charge in [0.2, 0.25) is 5.96 Å². The van der Waals surface area contributed by atoms with Crippen molar-refractivity contribution in [2.45, 2.75) is 11.4 Å². The highest BCUT2D eigenvalue weighted by Crippen LogP contribution is 2.06. The largest absolute Gasteiger partial charge is 0.369 e. The van der Waals surface area contributed by atoms with Gasteiger partial charge in [-0.1, -0.05) is 24.3 Å². The van der Waals surface area contributed by atoms with E-state index in [-0.39, 0.29) is 17.4 Å². The molecule has 0 saturated heterocycles. The van der Waals surface area contributed by atoms with Crippen LogP contribution < -0.4 is 10.5 Å². The summed E-state index contributed by atoms with van der Waals surface area (Å²) in [6, 6.07) is 13.4. The lowest BCUT2D eigenvalue weighted by Crippen LogP contribution is -2.36. The third-order valence-corrected chi connectivity index (χ3v) is 3.80. The van der Waals surface area contributed by atoms with E-state index >= 15 is 0 Å². The van der Waals surface area contributed by atoms with Crippen LogP contribution in [0.5, 0.6) is 0 Å². The van der Waals surface area contributed by atoms with E-state index in [0.717, 1.165) is 0 Å². The summed E-state index contributed by atoms with van der Waals surface area (Å²) in [6.45, 7) is 0.212. The summed E-state index contributed by atoms with van der Waals surface area (Å²) in [6.07, 6.45) is 1.63. The fraction of sp³-hybridized carbons (Fsp3) is 0.0769. The van der Waals surface area contributed by atoms with Crippen LogP contribution >= 0.6 is 0 Å². The Bertz CT molecular complexity index is 685. The number of aliphatic imine (C=N–C) groups is 1. The first-order valence-corrected chi connectivity index (χ1v) is 7.34. The number of benzene rings is 1. The van der Waals surface area contributed by atoms with E-state index in [1.54, 1.807) is 36.5 Å². The van der Waals surface area contributed by atoms with Gasteiger partial charge in [0.1, 0.15) is 0 Å². The third kappa shape index (κ3) is 3.79. The summed E-state index contributed by atoms with van der Waals surface area (Å²) in [7, 11) is -3.69. The van der Waals surface area contributed by atoms with E-state index in [2.05, 4.69) is 14.7 Å². The second-order valence-corrected chi connectivity index (χ2v) is 5.62. The molecule has 20 heavy (non-hydrogen) atoms. The number of pyridine rings is 1. The van der Waals surface area contributed by atoms with Crippen molar-refractivity contribution in [3.05, 3.63) is 60.4 Å². The summed E-state index contributed by atoms with van der Waals surface area (Å²) in [5.41, 5.74) is 6.28. The van der Waals surface area contributed by atoms with Crippen molar-refractivity contribution in [2.24, 2.45) is 10.7 Å². The van der Waals surface area contributed by atoms with Crippen LogP contribution in [0.1, 0.15) is 5.69 Å². The Morgan fingerprint density at radius 1 is 1.15 bits per heavy atom. The SMILES string of the molecule is NC(=NCc1ccccn1)NS(=O)(=O)c1ccccc1. The van der Waals surface area contributed by atoms with Crippen LogP contribution in [-0.4, -0.2) is 19.4 Å². The van der Waals surface area contributed by atoms with Crippen molar-refractivity contribution in [3.8, 4) is 0 Å². The molecule has 3 N–H and O–H groups in total. The Kier molecular flexibility index (Phi) is 4.31. The maximum Gasteiger partial charge on any atom is 0.264 e. The first-order valence-electron chi connectivity index (χ1n) is 5.85. The number of rotatable bonds is 4. The van der Waals surface area contributed by atoms with Crippen molar-refractivity contribution >= 4 is 16.0 Å². The molecule has 0 unspecified atom stereocenters. The van der Waals surface area contributed by atoms with E-state index in [0.29, 0.717) is 5.69 Å². The number of nitrogens with zero attached hydrogens (tertiary/aromatic N) is 2. The maximum absolute atomic E-state index is 12.0. The average molecular weight is 290 g/mol. The first-order chi connectivity index (χ1) is 9.58. The molecular weight excluding hydrogens is 276 g/mol. The van der Waals surface area contributed by atoms with Crippen LogP contribution in [0.15, 0.2) is 64.6 Å². The number of nitrogens with one attached hydrogen (secondary N) is 1. The lowest BCUT2D eigenvalue weighted by molar-refractivity contribution is 0.592. The number of nitrogens with two attached hydrogens (primary N) is 1. The predicted octanol–water partition coefficient (Wildman–Crippen LogP) is 0.875. The minimum Gasteiger partial charge on any atom is -0.369 e. The van der Waals surface area contributed by atoms with Crippen LogP contribution in [0.2, 0.25) is 0 Å². The molecular formula is C13H14N4O2S. The second-order valence-electron chi connectivity index (χ2n) is 3.94. The monoisotopic (exact) mass is 290 g/mol. The zero-order valence-corrected chi connectivity index (χ0v) is 11.4. The van der Waals surface area contributed by atoms with Gasteiger partial charge in [0.15, 0.2) is 0 Å². The second kappa shape index (κ2) is 6.16. The maximum atomic E-state index is 12.0. The number of hydrogen-bond donors (Lipinski definition) is 2. The van der Waals surface area contributed by atoms with Gasteiger partial charge in [-0.05, 0) is 24.3 Å². The molecule has 1 aromatic carbocycles. The van der Waals surface area contributed by atoms with E-state index in [9.17, 15) is 8.42 Å². The number of sulfonamides is 1. The molecule has 0 saturated carbocycles. The molecule has 2 aromatic rings. The fourth-order valence-corrected chi connectivity index (χ4v) is 2.46. The van der Waals surface area contributed by atoms with Crippen LogP contribution in [0, 0.1) is 0 Å². The molecule has 0 aliphatic heterocycles. The van der Waals surface area contributed by atoms with E-state index < -0.39 is 10.0 Å². The van der Waals surface area contributed by atoms with E-state index in [1.165, 1.54) is 12.1 Å². The van der Waals surface area contributed by atoms with Crippen LogP contribution in [-0.2, 0) is 16.6 Å². The summed E-state index contributed by atoms with van der Waals surface area (Å²) in [5, 5.41) is 0. The number of guanidine groups is 1. The highest BCUT2D eigenvalue weighted by molar-refractivity contribution is 7.90. The summed E-state index contributed by atoms with van der Waals surface area (Å²) < 4.78 is 26.1. The first kappa shape index (κ1) is 14.0. The molecule has 0 aliphatic carbocycles. The van der Waals surface area contributed by atoms with Gasteiger partial charge in [0.25, 0.3) is 10.0 Å². The zero-order chi connectivity index (χ0) is 14.4. The lowest BCUT2D eigenvalue weighted by Gasteiger charge is -2.06. The molecule has 2 rings (SSSR count). The van der Waals surface area contributed by atoms with Gasteiger partial charge in [0, 0.05) is 6.20 Å². The quantitative estimate of drug-likeness (QED) is 0.645. The number of aromatic nitrogens is 1. The molecule has 6 nitrogen and oxygen atoms in total. The normalized spacial score (nSPS) is 12.1. The van der Waals surface area contributed by atoms with Gasteiger partial charge < -0.3 is 5.73 Å². The standard InChI is InChI=1S/C13H14N4O2S/c14-13(16-10-11-6-4-5-9-15-11)17-20(18,19)12-7-2-1-3-8-12/h1-9H,10H2,(H3,14,16,17). The Morgan fingerprint density at radius 2 is 1.85 bits per heavy atom. The molecule has 0 spiro atoms. The molecule has 1 aromatic heterocycles. The Morgan fingerprint density at radius 3 is 2.50 bits per heavy atom. The van der Waals surface area contributed by atoms with E-state index in [4.69, 9.17) is 5.73 Å². The number of hydrogen-bond acceptors (Lipinski definition) is 4. The molecule has 0 radical (unpaired) electrons. The van der Waals surface area contributed by atoms with Crippen molar-refractivity contribution in [1.29, 1.82) is 0 Å². The summed E-state index contributed by atoms with van der Waals surface area (Å²) in [4.78, 5) is 8.15. The van der Waals surface area contributed by atoms with Gasteiger partial charge >= 0.3 is 0 Å². The Hall–Kier alpha value is -2.41. The molecule has 1 heterocycles. The molecule has 7 heteroatoms. The molecule has 0 fully saturated rings. The van der Waals surface area contributed by atoms with Gasteiger partial charge in [-0.25, -0.2) is 18.1 Å². The van der Waals surface area contributed by atoms with Gasteiger partial charge in [-0.3, -0.25) is 4.98 Å². The minimum atomic E-state index is -3.69. The van der Waals surface area contributed by atoms with Crippen molar-refractivity contribution in [2.75, 3.05) is 0 Å². The molecule has 104 valence electrons. The molecule has 0 bridgehead atoms. The molecule has 0 aliphatic rings. The van der Waals surface area contributed by atoms with Gasteiger partial charge in [0.05, 0.1) is 17.1 Å². The Labute approximate surface area is 117 Å². The average Bonchev–Trinajstić information content (AvgIpc) is 2.47. The minimum absolute atomic E-state index is 0.135. The van der Waals surface area contributed by atoms with Crippen LogP contribution in [0.4, 0.5) is 0 Å². The summed E-state index contributed by atoms with van der Waals surface area (Å²) >= 11 is 0. The van der Waals surface area contributed by atoms with E-state index in [1.807, 2.05) is 6.07 Å². The highest BCUT2D eigenvalue weighted by Gasteiger charge is 2.13. The molecule has 0 amide bonds. The Balaban J connectivity index is 2.06. The molecule has 0 atom stereocenters.